The third-order valence-corrected chi connectivity index (χ3v) is 5.04. The summed E-state index contributed by atoms with van der Waals surface area (Å²) in [6.45, 7) is 0.170. The quantitative estimate of drug-likeness (QED) is 0.544. The van der Waals surface area contributed by atoms with E-state index < -0.39 is 0 Å². The van der Waals surface area contributed by atoms with Gasteiger partial charge in [0.15, 0.2) is 11.0 Å². The predicted molar refractivity (Wildman–Crippen MR) is 108 cm³/mol. The molecular formula is C18H15Cl2FN4O2S. The minimum atomic E-state index is -0.331. The van der Waals surface area contributed by atoms with Crippen molar-refractivity contribution < 1.29 is 13.9 Å². The Morgan fingerprint density at radius 3 is 2.54 bits per heavy atom. The Balaban J connectivity index is 1.53. The molecule has 0 radical (unpaired) electrons. The third-order valence-electron chi connectivity index (χ3n) is 3.59. The summed E-state index contributed by atoms with van der Waals surface area (Å²) < 4.78 is 20.2. The smallest absolute Gasteiger partial charge is 0.234 e. The molecule has 146 valence electrons. The van der Waals surface area contributed by atoms with Gasteiger partial charge in [0.2, 0.25) is 5.91 Å². The van der Waals surface area contributed by atoms with Crippen molar-refractivity contribution in [2.45, 2.75) is 11.8 Å². The molecule has 1 N–H and O–H groups in total. The Bertz CT molecular complexity index is 962. The Labute approximate surface area is 175 Å². The van der Waals surface area contributed by atoms with Gasteiger partial charge in [0.25, 0.3) is 0 Å². The molecule has 0 saturated heterocycles. The zero-order valence-corrected chi connectivity index (χ0v) is 17.0. The first-order chi connectivity index (χ1) is 13.4. The fourth-order valence-corrected chi connectivity index (χ4v) is 3.48. The van der Waals surface area contributed by atoms with Gasteiger partial charge in [-0.05, 0) is 42.5 Å². The highest BCUT2D eigenvalue weighted by Crippen LogP contribution is 2.23. The molecule has 0 spiro atoms. The number of ether oxygens (including phenoxy) is 1. The molecule has 1 aromatic heterocycles. The van der Waals surface area contributed by atoms with E-state index in [-0.39, 0.29) is 24.1 Å². The highest BCUT2D eigenvalue weighted by atomic mass is 35.5. The summed E-state index contributed by atoms with van der Waals surface area (Å²) in [6.07, 6.45) is 0. The van der Waals surface area contributed by atoms with Crippen LogP contribution in [0.25, 0.3) is 0 Å². The Morgan fingerprint density at radius 1 is 1.18 bits per heavy atom. The van der Waals surface area contributed by atoms with Gasteiger partial charge in [-0.15, -0.1) is 10.2 Å². The first kappa shape index (κ1) is 20.4. The number of hydrogen-bond acceptors (Lipinski definition) is 5. The van der Waals surface area contributed by atoms with Crippen molar-refractivity contribution in [2.24, 2.45) is 7.05 Å². The summed E-state index contributed by atoms with van der Waals surface area (Å²) >= 11 is 13.1. The van der Waals surface area contributed by atoms with Gasteiger partial charge in [0, 0.05) is 22.8 Å². The van der Waals surface area contributed by atoms with Crippen LogP contribution in [-0.4, -0.2) is 26.4 Å². The number of anilines is 1. The monoisotopic (exact) mass is 440 g/mol. The molecule has 0 aliphatic heterocycles. The average molecular weight is 441 g/mol. The summed E-state index contributed by atoms with van der Waals surface area (Å²) in [7, 11) is 1.78. The maximum atomic E-state index is 12.9. The first-order valence-electron chi connectivity index (χ1n) is 8.06. The Hall–Kier alpha value is -2.29. The Kier molecular flexibility index (Phi) is 6.77. The molecule has 1 heterocycles. The van der Waals surface area contributed by atoms with Gasteiger partial charge in [0.05, 0.1) is 5.75 Å². The number of hydrogen-bond donors (Lipinski definition) is 1. The fourth-order valence-electron chi connectivity index (χ4n) is 2.23. The number of halogens is 3. The van der Waals surface area contributed by atoms with Gasteiger partial charge in [0.1, 0.15) is 18.2 Å². The number of rotatable bonds is 7. The van der Waals surface area contributed by atoms with Crippen LogP contribution in [0.2, 0.25) is 10.0 Å². The maximum Gasteiger partial charge on any atom is 0.234 e. The van der Waals surface area contributed by atoms with E-state index in [1.807, 2.05) is 0 Å². The lowest BCUT2D eigenvalue weighted by Gasteiger charge is -2.07. The molecule has 1 amide bonds. The standard InChI is InChI=1S/C18H15Cl2FN4O2S/c1-25-16(9-27-15-4-2-13(21)3-5-15)23-24-18(25)28-10-17(26)22-14-7-11(19)6-12(20)8-14/h2-8H,9-10H2,1H3,(H,22,26). The predicted octanol–water partition coefficient (Wildman–Crippen LogP) is 4.57. The second-order valence-electron chi connectivity index (χ2n) is 5.70. The number of nitrogens with one attached hydrogen (secondary N) is 1. The number of amides is 1. The molecule has 0 atom stereocenters. The molecular weight excluding hydrogens is 426 g/mol. The van der Waals surface area contributed by atoms with Crippen LogP contribution in [-0.2, 0) is 18.4 Å². The zero-order chi connectivity index (χ0) is 20.1. The van der Waals surface area contributed by atoms with E-state index in [2.05, 4.69) is 15.5 Å². The normalized spacial score (nSPS) is 10.7. The Morgan fingerprint density at radius 2 is 1.86 bits per heavy atom. The van der Waals surface area contributed by atoms with Gasteiger partial charge < -0.3 is 14.6 Å². The molecule has 0 unspecified atom stereocenters. The van der Waals surface area contributed by atoms with E-state index in [0.29, 0.717) is 32.5 Å². The molecule has 0 fully saturated rings. The number of aromatic nitrogens is 3. The van der Waals surface area contributed by atoms with Crippen LogP contribution in [0.3, 0.4) is 0 Å². The average Bonchev–Trinajstić information content (AvgIpc) is 2.98. The summed E-state index contributed by atoms with van der Waals surface area (Å²) in [5, 5.41) is 12.3. The molecule has 0 aliphatic carbocycles. The number of thioether (sulfide) groups is 1. The van der Waals surface area contributed by atoms with Crippen LogP contribution < -0.4 is 10.1 Å². The number of nitrogens with zero attached hydrogens (tertiary/aromatic N) is 3. The molecule has 3 aromatic rings. The van der Waals surface area contributed by atoms with Crippen molar-refractivity contribution in [3.63, 3.8) is 0 Å². The van der Waals surface area contributed by atoms with Gasteiger partial charge >= 0.3 is 0 Å². The second kappa shape index (κ2) is 9.27. The van der Waals surface area contributed by atoms with Crippen LogP contribution >= 0.6 is 35.0 Å². The van der Waals surface area contributed by atoms with Crippen molar-refractivity contribution in [1.29, 1.82) is 0 Å². The topological polar surface area (TPSA) is 69.0 Å². The largest absolute Gasteiger partial charge is 0.486 e. The number of carbonyl (C=O) groups is 1. The molecule has 2 aromatic carbocycles. The molecule has 0 saturated carbocycles. The highest BCUT2D eigenvalue weighted by Gasteiger charge is 2.12. The second-order valence-corrected chi connectivity index (χ2v) is 7.51. The summed E-state index contributed by atoms with van der Waals surface area (Å²) in [5.41, 5.74) is 0.523. The maximum absolute atomic E-state index is 12.9. The minimum Gasteiger partial charge on any atom is -0.486 e. The lowest BCUT2D eigenvalue weighted by molar-refractivity contribution is -0.113. The minimum absolute atomic E-state index is 0.134. The number of benzene rings is 2. The molecule has 28 heavy (non-hydrogen) atoms. The van der Waals surface area contributed by atoms with Gasteiger partial charge in [-0.1, -0.05) is 35.0 Å². The van der Waals surface area contributed by atoms with Crippen LogP contribution in [0.15, 0.2) is 47.6 Å². The van der Waals surface area contributed by atoms with E-state index in [9.17, 15) is 9.18 Å². The van der Waals surface area contributed by atoms with Gasteiger partial charge in [-0.25, -0.2) is 4.39 Å². The van der Waals surface area contributed by atoms with Gasteiger partial charge in [-0.3, -0.25) is 4.79 Å². The molecule has 0 aliphatic rings. The van der Waals surface area contributed by atoms with Crippen LogP contribution in [0.5, 0.6) is 5.75 Å². The molecule has 3 rings (SSSR count). The molecule has 6 nitrogen and oxygen atoms in total. The van der Waals surface area contributed by atoms with Crippen LogP contribution in [0, 0.1) is 5.82 Å². The van der Waals surface area contributed by atoms with Crippen molar-refractivity contribution >= 4 is 46.6 Å². The van der Waals surface area contributed by atoms with E-state index in [1.165, 1.54) is 36.0 Å². The fraction of sp³-hybridized carbons (Fsp3) is 0.167. The number of carbonyl (C=O) groups excluding carboxylic acids is 1. The lowest BCUT2D eigenvalue weighted by atomic mass is 10.3. The van der Waals surface area contributed by atoms with Crippen molar-refractivity contribution in [1.82, 2.24) is 14.8 Å². The summed E-state index contributed by atoms with van der Waals surface area (Å²) in [5.74, 6) is 0.681. The van der Waals surface area contributed by atoms with E-state index in [4.69, 9.17) is 27.9 Å². The third kappa shape index (κ3) is 5.60. The lowest BCUT2D eigenvalue weighted by Crippen LogP contribution is -2.14. The SMILES string of the molecule is Cn1c(COc2ccc(F)cc2)nnc1SCC(=O)Nc1cc(Cl)cc(Cl)c1. The summed E-state index contributed by atoms with van der Waals surface area (Å²) in [4.78, 5) is 12.1. The molecule has 10 heteroatoms. The van der Waals surface area contributed by atoms with Crippen LogP contribution in [0.4, 0.5) is 10.1 Å². The van der Waals surface area contributed by atoms with E-state index >= 15 is 0 Å². The van der Waals surface area contributed by atoms with Gasteiger partial charge in [-0.2, -0.15) is 0 Å². The van der Waals surface area contributed by atoms with E-state index in [0.717, 1.165) is 0 Å². The van der Waals surface area contributed by atoms with Crippen molar-refractivity contribution in [3.05, 3.63) is 64.2 Å². The van der Waals surface area contributed by atoms with E-state index in [1.54, 1.807) is 29.8 Å². The molecule has 0 bridgehead atoms. The zero-order valence-electron chi connectivity index (χ0n) is 14.7. The van der Waals surface area contributed by atoms with Crippen molar-refractivity contribution in [3.8, 4) is 5.75 Å². The highest BCUT2D eigenvalue weighted by molar-refractivity contribution is 7.99. The summed E-state index contributed by atoms with van der Waals surface area (Å²) in [6, 6.07) is 10.5. The first-order valence-corrected chi connectivity index (χ1v) is 9.80. The van der Waals surface area contributed by atoms with Crippen LogP contribution in [0.1, 0.15) is 5.82 Å². The van der Waals surface area contributed by atoms with Crippen molar-refractivity contribution in [2.75, 3.05) is 11.1 Å².